The smallest absolute Gasteiger partial charge is 0.224 e. The Hall–Kier alpha value is -1.76. The van der Waals surface area contributed by atoms with Gasteiger partial charge in [0.2, 0.25) is 5.91 Å². The lowest BCUT2D eigenvalue weighted by molar-refractivity contribution is -0.124. The minimum atomic E-state index is -3.02. The van der Waals surface area contributed by atoms with Crippen molar-refractivity contribution >= 4 is 21.4 Å². The molecule has 2 aliphatic heterocycles. The maximum Gasteiger partial charge on any atom is 0.224 e. The molecule has 126 valence electrons. The summed E-state index contributed by atoms with van der Waals surface area (Å²) in [5.41, 5.74) is 1.02. The highest BCUT2D eigenvalue weighted by Crippen LogP contribution is 2.30. The fourth-order valence-corrected chi connectivity index (χ4v) is 5.05. The van der Waals surface area contributed by atoms with Gasteiger partial charge >= 0.3 is 0 Å². The molecule has 2 atom stereocenters. The van der Waals surface area contributed by atoms with Crippen LogP contribution >= 0.6 is 0 Å². The third-order valence-electron chi connectivity index (χ3n) is 4.56. The van der Waals surface area contributed by atoms with E-state index in [4.69, 9.17) is 4.74 Å². The number of hydrogen-bond donors (Lipinski definition) is 1. The van der Waals surface area contributed by atoms with Crippen LogP contribution < -0.4 is 15.0 Å². The lowest BCUT2D eigenvalue weighted by Gasteiger charge is -2.21. The highest BCUT2D eigenvalue weighted by atomic mass is 32.2. The van der Waals surface area contributed by atoms with Gasteiger partial charge in [-0.15, -0.1) is 0 Å². The predicted molar refractivity (Wildman–Crippen MR) is 88.5 cm³/mol. The molecule has 2 aliphatic rings. The Bertz CT molecular complexity index is 689. The van der Waals surface area contributed by atoms with E-state index in [1.165, 1.54) is 0 Å². The van der Waals surface area contributed by atoms with E-state index >= 15 is 0 Å². The maximum atomic E-state index is 12.2. The minimum Gasteiger partial charge on any atom is -0.495 e. The fourth-order valence-electron chi connectivity index (χ4n) is 3.31. The number of rotatable bonds is 4. The Morgan fingerprint density at radius 3 is 2.78 bits per heavy atom. The molecular formula is C16H22N2O4S. The molecule has 2 unspecified atom stereocenters. The number of carbonyl (C=O) groups is 1. The number of nitrogens with zero attached hydrogens (tertiary/aromatic N) is 1. The lowest BCUT2D eigenvalue weighted by atomic mass is 10.1. The number of nitrogens with one attached hydrogen (secondary N) is 1. The largest absolute Gasteiger partial charge is 0.495 e. The summed E-state index contributed by atoms with van der Waals surface area (Å²) in [6, 6.07) is 7.87. The molecule has 0 spiro atoms. The number of benzene rings is 1. The molecule has 1 amide bonds. The molecule has 23 heavy (non-hydrogen) atoms. The van der Waals surface area contributed by atoms with Crippen LogP contribution in [0.3, 0.4) is 0 Å². The van der Waals surface area contributed by atoms with Crippen molar-refractivity contribution < 1.29 is 17.9 Å². The van der Waals surface area contributed by atoms with Crippen LogP contribution in [-0.2, 0) is 14.6 Å². The number of amides is 1. The van der Waals surface area contributed by atoms with E-state index in [1.807, 2.05) is 24.3 Å². The molecule has 6 nitrogen and oxygen atoms in total. The van der Waals surface area contributed by atoms with Crippen LogP contribution in [0, 0.1) is 5.92 Å². The molecule has 1 aromatic carbocycles. The quantitative estimate of drug-likeness (QED) is 0.880. The summed E-state index contributed by atoms with van der Waals surface area (Å²) >= 11 is 0. The van der Waals surface area contributed by atoms with Gasteiger partial charge in [-0.1, -0.05) is 12.1 Å². The zero-order valence-corrected chi connectivity index (χ0v) is 14.0. The highest BCUT2D eigenvalue weighted by Gasteiger charge is 2.35. The van der Waals surface area contributed by atoms with Crippen LogP contribution in [-0.4, -0.2) is 52.1 Å². The van der Waals surface area contributed by atoms with Gasteiger partial charge in [0, 0.05) is 19.1 Å². The van der Waals surface area contributed by atoms with Crippen molar-refractivity contribution in [3.8, 4) is 5.75 Å². The molecule has 2 saturated heterocycles. The normalized spacial score (nSPS) is 26.2. The molecule has 7 heteroatoms. The highest BCUT2D eigenvalue weighted by molar-refractivity contribution is 7.91. The summed E-state index contributed by atoms with van der Waals surface area (Å²) in [6.45, 7) is 1.56. The molecule has 1 aromatic rings. The lowest BCUT2D eigenvalue weighted by Crippen LogP contribution is -2.41. The molecule has 2 heterocycles. The van der Waals surface area contributed by atoms with E-state index < -0.39 is 9.84 Å². The van der Waals surface area contributed by atoms with Gasteiger partial charge in [0.05, 0.1) is 30.2 Å². The van der Waals surface area contributed by atoms with Crippen molar-refractivity contribution in [3.63, 3.8) is 0 Å². The number of hydrogen-bond acceptors (Lipinski definition) is 5. The Balaban J connectivity index is 1.59. The van der Waals surface area contributed by atoms with Crippen LogP contribution in [0.1, 0.15) is 12.8 Å². The first-order chi connectivity index (χ1) is 11.0. The van der Waals surface area contributed by atoms with Crippen molar-refractivity contribution in [2.45, 2.75) is 18.9 Å². The third-order valence-corrected chi connectivity index (χ3v) is 6.33. The van der Waals surface area contributed by atoms with Gasteiger partial charge in [-0.3, -0.25) is 4.79 Å². The third kappa shape index (κ3) is 3.60. The summed E-state index contributed by atoms with van der Waals surface area (Å²) in [5.74, 6) is 0.421. The van der Waals surface area contributed by atoms with Crippen molar-refractivity contribution in [2.24, 2.45) is 5.92 Å². The van der Waals surface area contributed by atoms with Crippen molar-refractivity contribution in [2.75, 3.05) is 36.6 Å². The van der Waals surface area contributed by atoms with Gasteiger partial charge in [0.15, 0.2) is 9.84 Å². The first-order valence-electron chi connectivity index (χ1n) is 7.87. The van der Waals surface area contributed by atoms with Crippen LogP contribution in [0.2, 0.25) is 0 Å². The molecule has 0 aromatic heterocycles. The molecule has 1 N–H and O–H groups in total. The van der Waals surface area contributed by atoms with Crippen molar-refractivity contribution in [1.82, 2.24) is 5.32 Å². The van der Waals surface area contributed by atoms with E-state index in [9.17, 15) is 13.2 Å². The van der Waals surface area contributed by atoms with Gasteiger partial charge < -0.3 is 15.0 Å². The van der Waals surface area contributed by atoms with E-state index in [2.05, 4.69) is 10.2 Å². The Labute approximate surface area is 136 Å². The average molecular weight is 338 g/mol. The van der Waals surface area contributed by atoms with Crippen LogP contribution in [0.5, 0.6) is 5.75 Å². The zero-order valence-electron chi connectivity index (χ0n) is 13.2. The number of carbonyl (C=O) groups excluding carboxylic acids is 1. The molecule has 0 radical (unpaired) electrons. The van der Waals surface area contributed by atoms with Crippen molar-refractivity contribution in [3.05, 3.63) is 24.3 Å². The van der Waals surface area contributed by atoms with Gasteiger partial charge in [-0.25, -0.2) is 8.42 Å². The first kappa shape index (κ1) is 16.1. The molecule has 0 bridgehead atoms. The standard InChI is InChI=1S/C16H22N2O4S/c1-22-15-5-3-2-4-14(15)18-8-6-13(10-18)17-16(19)12-7-9-23(20,21)11-12/h2-5,12-13H,6-11H2,1H3,(H,17,19). The average Bonchev–Trinajstić information content (AvgIpc) is 3.13. The van der Waals surface area contributed by atoms with E-state index in [-0.39, 0.29) is 29.4 Å². The summed E-state index contributed by atoms with van der Waals surface area (Å²) in [6.07, 6.45) is 1.29. The zero-order chi connectivity index (χ0) is 16.4. The molecule has 0 aliphatic carbocycles. The second-order valence-electron chi connectivity index (χ2n) is 6.21. The summed E-state index contributed by atoms with van der Waals surface area (Å²) in [4.78, 5) is 14.4. The second kappa shape index (κ2) is 6.39. The monoisotopic (exact) mass is 338 g/mol. The molecule has 0 saturated carbocycles. The summed E-state index contributed by atoms with van der Waals surface area (Å²) < 4.78 is 28.4. The van der Waals surface area contributed by atoms with Gasteiger partial charge in [0.25, 0.3) is 0 Å². The van der Waals surface area contributed by atoms with Crippen LogP contribution in [0.4, 0.5) is 5.69 Å². The number of ether oxygens (including phenoxy) is 1. The number of methoxy groups -OCH3 is 1. The fraction of sp³-hybridized carbons (Fsp3) is 0.562. The summed E-state index contributed by atoms with van der Waals surface area (Å²) in [7, 11) is -1.38. The minimum absolute atomic E-state index is 0.0121. The van der Waals surface area contributed by atoms with E-state index in [0.717, 1.165) is 24.4 Å². The Morgan fingerprint density at radius 2 is 2.09 bits per heavy atom. The van der Waals surface area contributed by atoms with Crippen LogP contribution in [0.25, 0.3) is 0 Å². The van der Waals surface area contributed by atoms with E-state index in [0.29, 0.717) is 13.0 Å². The number of sulfone groups is 1. The SMILES string of the molecule is COc1ccccc1N1CCC(NC(=O)C2CCS(=O)(=O)C2)C1. The Kier molecular flexibility index (Phi) is 4.48. The second-order valence-corrected chi connectivity index (χ2v) is 8.44. The van der Waals surface area contributed by atoms with Gasteiger partial charge in [-0.2, -0.15) is 0 Å². The number of para-hydroxylation sites is 2. The predicted octanol–water partition coefficient (Wildman–Crippen LogP) is 0.825. The maximum absolute atomic E-state index is 12.2. The number of anilines is 1. The summed E-state index contributed by atoms with van der Waals surface area (Å²) in [5, 5.41) is 3.01. The topological polar surface area (TPSA) is 75.7 Å². The molecule has 3 rings (SSSR count). The molecule has 2 fully saturated rings. The van der Waals surface area contributed by atoms with Crippen LogP contribution in [0.15, 0.2) is 24.3 Å². The van der Waals surface area contributed by atoms with Gasteiger partial charge in [-0.05, 0) is 25.0 Å². The van der Waals surface area contributed by atoms with Crippen molar-refractivity contribution in [1.29, 1.82) is 0 Å². The molecular weight excluding hydrogens is 316 g/mol. The van der Waals surface area contributed by atoms with Gasteiger partial charge in [0.1, 0.15) is 5.75 Å². The Morgan fingerprint density at radius 1 is 1.30 bits per heavy atom. The first-order valence-corrected chi connectivity index (χ1v) is 9.69. The van der Waals surface area contributed by atoms with E-state index in [1.54, 1.807) is 7.11 Å².